The Hall–Kier alpha value is -3.37. The molecule has 29 heavy (non-hydrogen) atoms. The van der Waals surface area contributed by atoms with Crippen LogP contribution >= 0.6 is 0 Å². The van der Waals surface area contributed by atoms with Crippen molar-refractivity contribution in [2.75, 3.05) is 13.7 Å². The molecule has 2 aromatic heterocycles. The highest BCUT2D eigenvalue weighted by molar-refractivity contribution is 5.95. The molecule has 4 nitrogen and oxygen atoms in total. The van der Waals surface area contributed by atoms with Gasteiger partial charge >= 0.3 is 0 Å². The molecule has 5 rings (SSSR count). The highest BCUT2D eigenvalue weighted by atomic mass is 16.5. The lowest BCUT2D eigenvalue weighted by Crippen LogP contribution is -2.24. The van der Waals surface area contributed by atoms with Crippen molar-refractivity contribution in [3.05, 3.63) is 82.8 Å². The number of hydrogen-bond donors (Lipinski definition) is 1. The summed E-state index contributed by atoms with van der Waals surface area (Å²) in [4.78, 5) is 0. The Bertz CT molecular complexity index is 1360. The summed E-state index contributed by atoms with van der Waals surface area (Å²) in [5.41, 5.74) is 13.2. The Morgan fingerprint density at radius 1 is 1.14 bits per heavy atom. The number of nitrogens with zero attached hydrogens (tertiary/aromatic N) is 2. The second kappa shape index (κ2) is 6.90. The second-order valence-electron chi connectivity index (χ2n) is 7.40. The molecule has 0 saturated carbocycles. The Morgan fingerprint density at radius 2 is 2.00 bits per heavy atom. The first-order valence-electron chi connectivity index (χ1n) is 9.93. The zero-order chi connectivity index (χ0) is 20.0. The van der Waals surface area contributed by atoms with E-state index in [0.29, 0.717) is 6.54 Å². The molecular weight excluding hydrogens is 358 g/mol. The van der Waals surface area contributed by atoms with E-state index in [1.165, 1.54) is 33.1 Å². The van der Waals surface area contributed by atoms with E-state index in [1.54, 1.807) is 7.11 Å². The second-order valence-corrected chi connectivity index (χ2v) is 7.40. The number of hydrogen-bond acceptors (Lipinski definition) is 2. The lowest BCUT2D eigenvalue weighted by Gasteiger charge is -2.08. The van der Waals surface area contributed by atoms with Crippen LogP contribution in [0.3, 0.4) is 0 Å². The normalized spacial score (nSPS) is 12.9. The standard InChI is InChI=1S/C25H24N3O/c1-17-16-19(28-25(17)22(13-14-26)23-8-5-15-27(23)28)10-11-21-20-7-4-3-6-18(20)9-12-24(21)29-2/h3-12,15-16H,13-14,26H2,1-2H3/q+1. The van der Waals surface area contributed by atoms with E-state index in [4.69, 9.17) is 10.5 Å². The van der Waals surface area contributed by atoms with Crippen LogP contribution in [0, 0.1) is 13.1 Å². The molecule has 2 aromatic carbocycles. The summed E-state index contributed by atoms with van der Waals surface area (Å²) in [5, 5.41) is 2.39. The number of benzene rings is 2. The van der Waals surface area contributed by atoms with E-state index < -0.39 is 0 Å². The SMILES string of the molecule is COc1ccc2ccccc2c1C=Cc1cc(C)c2c(CCN)c3[n+](n12)=CC=C3. The molecule has 0 radical (unpaired) electrons. The van der Waals surface area contributed by atoms with Gasteiger partial charge in [0.25, 0.3) is 0 Å². The molecule has 0 bridgehead atoms. The van der Waals surface area contributed by atoms with E-state index in [2.05, 4.69) is 82.7 Å². The maximum atomic E-state index is 5.90. The fraction of sp³-hybridized carbons (Fsp3) is 0.160. The molecule has 0 fully saturated rings. The van der Waals surface area contributed by atoms with Gasteiger partial charge in [0.05, 0.1) is 12.7 Å². The van der Waals surface area contributed by atoms with Crippen LogP contribution in [0.1, 0.15) is 28.1 Å². The quantitative estimate of drug-likeness (QED) is 0.528. The third-order valence-corrected chi connectivity index (χ3v) is 5.70. The van der Waals surface area contributed by atoms with Crippen molar-refractivity contribution in [3.63, 3.8) is 0 Å². The molecule has 0 unspecified atom stereocenters. The summed E-state index contributed by atoms with van der Waals surface area (Å²) in [6.45, 7) is 2.81. The van der Waals surface area contributed by atoms with Crippen molar-refractivity contribution in [1.82, 2.24) is 4.52 Å². The van der Waals surface area contributed by atoms with Gasteiger partial charge in [-0.05, 0) is 60.5 Å². The van der Waals surface area contributed by atoms with Crippen LogP contribution < -0.4 is 14.8 Å². The van der Waals surface area contributed by atoms with Gasteiger partial charge in [0, 0.05) is 17.7 Å². The van der Waals surface area contributed by atoms with Crippen LogP contribution in [0.25, 0.3) is 34.5 Å². The van der Waals surface area contributed by atoms with E-state index >= 15 is 0 Å². The zero-order valence-corrected chi connectivity index (χ0v) is 16.7. The molecule has 1 aliphatic rings. The summed E-state index contributed by atoms with van der Waals surface area (Å²) in [7, 11) is 1.72. The van der Waals surface area contributed by atoms with Crippen molar-refractivity contribution >= 4 is 34.5 Å². The highest BCUT2D eigenvalue weighted by Crippen LogP contribution is 2.31. The molecule has 0 saturated heterocycles. The van der Waals surface area contributed by atoms with Gasteiger partial charge in [0.1, 0.15) is 17.0 Å². The van der Waals surface area contributed by atoms with Gasteiger partial charge in [-0.2, -0.15) is 0 Å². The first-order chi connectivity index (χ1) is 14.2. The fourth-order valence-corrected chi connectivity index (χ4v) is 4.46. The number of aromatic nitrogens is 2. The Kier molecular flexibility index (Phi) is 4.22. The summed E-state index contributed by atoms with van der Waals surface area (Å²) in [6.07, 6.45) is 11.6. The number of methoxy groups -OCH3 is 1. The van der Waals surface area contributed by atoms with E-state index in [1.807, 2.05) is 6.07 Å². The monoisotopic (exact) mass is 382 g/mol. The molecule has 0 aliphatic carbocycles. The van der Waals surface area contributed by atoms with Gasteiger partial charge in [-0.15, -0.1) is 4.52 Å². The number of aryl methyl sites for hydroxylation is 1. The van der Waals surface area contributed by atoms with E-state index in [0.717, 1.165) is 23.4 Å². The highest BCUT2D eigenvalue weighted by Gasteiger charge is 2.26. The van der Waals surface area contributed by atoms with Gasteiger partial charge < -0.3 is 10.5 Å². The van der Waals surface area contributed by atoms with Crippen LogP contribution in [-0.4, -0.2) is 18.2 Å². The number of fused-ring (bicyclic) bond motifs is 4. The predicted octanol–water partition coefficient (Wildman–Crippen LogP) is 4.12. The largest absolute Gasteiger partial charge is 0.496 e. The topological polar surface area (TPSA) is 45.6 Å². The Morgan fingerprint density at radius 3 is 2.83 bits per heavy atom. The van der Waals surface area contributed by atoms with Crippen molar-refractivity contribution in [1.29, 1.82) is 0 Å². The van der Waals surface area contributed by atoms with Gasteiger partial charge in [-0.3, -0.25) is 0 Å². The fourth-order valence-electron chi connectivity index (χ4n) is 4.46. The van der Waals surface area contributed by atoms with Crippen molar-refractivity contribution < 1.29 is 9.09 Å². The summed E-state index contributed by atoms with van der Waals surface area (Å²) in [6, 6.07) is 14.8. The molecule has 2 N–H and O–H groups in total. The third-order valence-electron chi connectivity index (χ3n) is 5.70. The molecule has 0 amide bonds. The van der Waals surface area contributed by atoms with Crippen LogP contribution in [0.5, 0.6) is 5.75 Å². The maximum Gasteiger partial charge on any atom is 0.242 e. The van der Waals surface area contributed by atoms with Crippen molar-refractivity contribution in [2.45, 2.75) is 13.3 Å². The molecule has 1 aliphatic heterocycles. The molecule has 0 spiro atoms. The van der Waals surface area contributed by atoms with Crippen molar-refractivity contribution in [2.24, 2.45) is 5.73 Å². The Balaban J connectivity index is 1.71. The van der Waals surface area contributed by atoms with Gasteiger partial charge in [0.2, 0.25) is 11.9 Å². The minimum Gasteiger partial charge on any atom is -0.496 e. The smallest absolute Gasteiger partial charge is 0.242 e. The number of ether oxygens (including phenoxy) is 1. The van der Waals surface area contributed by atoms with E-state index in [-0.39, 0.29) is 0 Å². The summed E-state index contributed by atoms with van der Waals surface area (Å²) in [5.74, 6) is 0.877. The van der Waals surface area contributed by atoms with Gasteiger partial charge in [-0.1, -0.05) is 34.7 Å². The van der Waals surface area contributed by atoms with Gasteiger partial charge in [-0.25, -0.2) is 0 Å². The van der Waals surface area contributed by atoms with Crippen LogP contribution in [0.2, 0.25) is 0 Å². The lowest BCUT2D eigenvalue weighted by atomic mass is 10.0. The average molecular weight is 382 g/mol. The molecule has 4 heteroatoms. The third kappa shape index (κ3) is 2.68. The number of allylic oxidation sites excluding steroid dienone is 1. The maximum absolute atomic E-state index is 5.90. The molecule has 3 heterocycles. The molecular formula is C25H24N3O+. The number of rotatable bonds is 5. The van der Waals surface area contributed by atoms with Crippen molar-refractivity contribution in [3.8, 4) is 5.75 Å². The zero-order valence-electron chi connectivity index (χ0n) is 16.7. The Labute approximate surface area is 169 Å². The van der Waals surface area contributed by atoms with Crippen LogP contribution in [-0.2, 0) is 6.42 Å². The predicted molar refractivity (Wildman–Crippen MR) is 119 cm³/mol. The molecule has 4 aromatic rings. The first kappa shape index (κ1) is 17.7. The average Bonchev–Trinajstić information content (AvgIpc) is 3.41. The van der Waals surface area contributed by atoms with Gasteiger partial charge in [0.15, 0.2) is 0 Å². The van der Waals surface area contributed by atoms with E-state index in [9.17, 15) is 0 Å². The molecule has 144 valence electrons. The minimum absolute atomic E-state index is 0.642. The lowest BCUT2D eigenvalue weighted by molar-refractivity contribution is -0.583. The molecule has 0 atom stereocenters. The van der Waals surface area contributed by atoms with Crippen LogP contribution in [0.15, 0.2) is 48.5 Å². The minimum atomic E-state index is 0.642. The number of nitrogens with two attached hydrogens (primary N) is 1. The summed E-state index contributed by atoms with van der Waals surface area (Å²) >= 11 is 0. The first-order valence-corrected chi connectivity index (χ1v) is 9.93. The summed E-state index contributed by atoms with van der Waals surface area (Å²) < 4.78 is 10.1. The van der Waals surface area contributed by atoms with Crippen LogP contribution in [0.4, 0.5) is 0 Å².